The number of rotatable bonds is 6. The Hall–Kier alpha value is -2.60. The summed E-state index contributed by atoms with van der Waals surface area (Å²) in [6, 6.07) is 9.90. The number of hydrogen-bond acceptors (Lipinski definition) is 6. The SMILES string of the molecule is CCOC(=O)CC(c1ccccc1)c1oc(CO)cc(=O)c1O. The van der Waals surface area contributed by atoms with Crippen molar-refractivity contribution in [2.75, 3.05) is 6.61 Å². The third-order valence-electron chi connectivity index (χ3n) is 3.35. The molecule has 6 nitrogen and oxygen atoms in total. The average Bonchev–Trinajstić information content (AvgIpc) is 2.56. The molecule has 1 unspecified atom stereocenters. The molecule has 23 heavy (non-hydrogen) atoms. The fourth-order valence-electron chi connectivity index (χ4n) is 2.30. The zero-order valence-corrected chi connectivity index (χ0v) is 12.7. The minimum Gasteiger partial charge on any atom is -0.502 e. The van der Waals surface area contributed by atoms with E-state index in [1.807, 2.05) is 6.07 Å². The van der Waals surface area contributed by atoms with Crippen LogP contribution in [0, 0.1) is 0 Å². The topological polar surface area (TPSA) is 97.0 Å². The Morgan fingerprint density at radius 3 is 2.61 bits per heavy atom. The molecular formula is C17H18O6. The lowest BCUT2D eigenvalue weighted by molar-refractivity contribution is -0.143. The molecule has 0 spiro atoms. The zero-order valence-electron chi connectivity index (χ0n) is 12.7. The maximum atomic E-state index is 11.9. The van der Waals surface area contributed by atoms with Crippen molar-refractivity contribution in [2.24, 2.45) is 0 Å². The van der Waals surface area contributed by atoms with Crippen LogP contribution >= 0.6 is 0 Å². The number of benzene rings is 1. The summed E-state index contributed by atoms with van der Waals surface area (Å²) in [5, 5.41) is 19.2. The molecule has 0 saturated heterocycles. The quantitative estimate of drug-likeness (QED) is 0.790. The van der Waals surface area contributed by atoms with Gasteiger partial charge in [0.1, 0.15) is 12.4 Å². The van der Waals surface area contributed by atoms with Gasteiger partial charge < -0.3 is 19.4 Å². The van der Waals surface area contributed by atoms with E-state index in [9.17, 15) is 19.8 Å². The number of hydrogen-bond donors (Lipinski definition) is 2. The van der Waals surface area contributed by atoms with Gasteiger partial charge in [0, 0.05) is 6.07 Å². The second-order valence-electron chi connectivity index (χ2n) is 4.92. The van der Waals surface area contributed by atoms with Crippen LogP contribution in [-0.2, 0) is 16.1 Å². The summed E-state index contributed by atoms with van der Waals surface area (Å²) in [6.07, 6.45) is -0.0940. The van der Waals surface area contributed by atoms with Gasteiger partial charge in [-0.3, -0.25) is 9.59 Å². The van der Waals surface area contributed by atoms with E-state index in [0.717, 1.165) is 6.07 Å². The molecule has 2 N–H and O–H groups in total. The van der Waals surface area contributed by atoms with Crippen molar-refractivity contribution in [1.29, 1.82) is 0 Å². The average molecular weight is 318 g/mol. The van der Waals surface area contributed by atoms with Gasteiger partial charge >= 0.3 is 5.97 Å². The predicted molar refractivity (Wildman–Crippen MR) is 82.1 cm³/mol. The van der Waals surface area contributed by atoms with Gasteiger partial charge in [0.25, 0.3) is 0 Å². The molecule has 1 atom stereocenters. The summed E-state index contributed by atoms with van der Waals surface area (Å²) in [5.41, 5.74) is 0.0224. The molecule has 122 valence electrons. The van der Waals surface area contributed by atoms with Crippen LogP contribution in [0.25, 0.3) is 0 Å². The predicted octanol–water partition coefficient (Wildman–Crippen LogP) is 1.92. The van der Waals surface area contributed by atoms with E-state index in [4.69, 9.17) is 9.15 Å². The summed E-state index contributed by atoms with van der Waals surface area (Å²) in [4.78, 5) is 23.7. The van der Waals surface area contributed by atoms with Gasteiger partial charge in [0.05, 0.1) is 18.9 Å². The van der Waals surface area contributed by atoms with Crippen LogP contribution in [0.15, 0.2) is 45.6 Å². The van der Waals surface area contributed by atoms with E-state index in [0.29, 0.717) is 5.56 Å². The zero-order chi connectivity index (χ0) is 16.8. The molecule has 0 fully saturated rings. The molecule has 0 aliphatic rings. The van der Waals surface area contributed by atoms with Gasteiger partial charge in [-0.25, -0.2) is 0 Å². The van der Waals surface area contributed by atoms with Gasteiger partial charge in [-0.2, -0.15) is 0 Å². The lowest BCUT2D eigenvalue weighted by Gasteiger charge is -2.17. The fourth-order valence-corrected chi connectivity index (χ4v) is 2.30. The largest absolute Gasteiger partial charge is 0.502 e. The standard InChI is InChI=1S/C17H18O6/c1-2-22-15(20)9-13(11-6-4-3-5-7-11)17-16(21)14(19)8-12(10-18)23-17/h3-8,13,18,21H,2,9-10H2,1H3. The first-order valence-electron chi connectivity index (χ1n) is 7.24. The normalized spacial score (nSPS) is 11.9. The Morgan fingerprint density at radius 2 is 2.00 bits per heavy atom. The van der Waals surface area contributed by atoms with E-state index in [1.54, 1.807) is 31.2 Å². The molecule has 0 amide bonds. The molecule has 0 bridgehead atoms. The van der Waals surface area contributed by atoms with E-state index >= 15 is 0 Å². The van der Waals surface area contributed by atoms with Crippen LogP contribution in [0.4, 0.5) is 0 Å². The maximum Gasteiger partial charge on any atom is 0.306 e. The molecule has 0 aliphatic heterocycles. The highest BCUT2D eigenvalue weighted by Crippen LogP contribution is 2.33. The van der Waals surface area contributed by atoms with Gasteiger partial charge in [-0.15, -0.1) is 0 Å². The third kappa shape index (κ3) is 3.98. The van der Waals surface area contributed by atoms with E-state index in [1.165, 1.54) is 0 Å². The summed E-state index contributed by atoms with van der Waals surface area (Å²) in [7, 11) is 0. The number of aliphatic hydroxyl groups excluding tert-OH is 1. The molecule has 0 saturated carbocycles. The molecule has 0 aliphatic carbocycles. The molecule has 2 aromatic rings. The monoisotopic (exact) mass is 318 g/mol. The lowest BCUT2D eigenvalue weighted by Crippen LogP contribution is -2.14. The first kappa shape index (κ1) is 16.8. The molecule has 1 aromatic heterocycles. The Morgan fingerprint density at radius 1 is 1.30 bits per heavy atom. The number of aliphatic hydroxyl groups is 1. The Bertz CT molecular complexity index is 720. The summed E-state index contributed by atoms with van der Waals surface area (Å²) in [5.74, 6) is -1.76. The molecule has 1 aromatic carbocycles. The summed E-state index contributed by atoms with van der Waals surface area (Å²) < 4.78 is 10.4. The smallest absolute Gasteiger partial charge is 0.306 e. The van der Waals surface area contributed by atoms with Crippen molar-refractivity contribution in [3.63, 3.8) is 0 Å². The van der Waals surface area contributed by atoms with Crippen LogP contribution in [0.5, 0.6) is 5.75 Å². The summed E-state index contributed by atoms with van der Waals surface area (Å²) in [6.45, 7) is 1.44. The first-order chi connectivity index (χ1) is 11.1. The number of carbonyl (C=O) groups is 1. The van der Waals surface area contributed by atoms with Crippen molar-refractivity contribution < 1.29 is 24.2 Å². The number of carbonyl (C=O) groups excluding carboxylic acids is 1. The van der Waals surface area contributed by atoms with E-state index < -0.39 is 29.7 Å². The summed E-state index contributed by atoms with van der Waals surface area (Å²) >= 11 is 0. The van der Waals surface area contributed by atoms with Gasteiger partial charge in [0.15, 0.2) is 5.76 Å². The van der Waals surface area contributed by atoms with E-state index in [2.05, 4.69) is 0 Å². The third-order valence-corrected chi connectivity index (χ3v) is 3.35. The van der Waals surface area contributed by atoms with Crippen molar-refractivity contribution in [3.05, 3.63) is 63.7 Å². The van der Waals surface area contributed by atoms with Crippen LogP contribution in [-0.4, -0.2) is 22.8 Å². The Labute approximate surface area is 133 Å². The highest BCUT2D eigenvalue weighted by atomic mass is 16.5. The van der Waals surface area contributed by atoms with Crippen LogP contribution in [0.2, 0.25) is 0 Å². The number of esters is 1. The Kier molecular flexibility index (Phi) is 5.54. The minimum atomic E-state index is -0.686. The molecular weight excluding hydrogens is 300 g/mol. The number of aromatic hydroxyl groups is 1. The van der Waals surface area contributed by atoms with Crippen LogP contribution < -0.4 is 5.43 Å². The van der Waals surface area contributed by atoms with Crippen molar-refractivity contribution in [3.8, 4) is 5.75 Å². The second kappa shape index (κ2) is 7.60. The van der Waals surface area contributed by atoms with Crippen molar-refractivity contribution in [1.82, 2.24) is 0 Å². The molecule has 6 heteroatoms. The number of ether oxygens (including phenoxy) is 1. The van der Waals surface area contributed by atoms with Gasteiger partial charge in [-0.1, -0.05) is 30.3 Å². The molecule has 0 radical (unpaired) electrons. The van der Waals surface area contributed by atoms with Gasteiger partial charge in [-0.05, 0) is 12.5 Å². The Balaban J connectivity index is 2.51. The maximum absolute atomic E-state index is 11.9. The fraction of sp³-hybridized carbons (Fsp3) is 0.294. The second-order valence-corrected chi connectivity index (χ2v) is 4.92. The van der Waals surface area contributed by atoms with Crippen molar-refractivity contribution >= 4 is 5.97 Å². The highest BCUT2D eigenvalue weighted by Gasteiger charge is 2.26. The van der Waals surface area contributed by atoms with Crippen LogP contribution in [0.3, 0.4) is 0 Å². The van der Waals surface area contributed by atoms with E-state index in [-0.39, 0.29) is 24.5 Å². The van der Waals surface area contributed by atoms with Crippen LogP contribution in [0.1, 0.15) is 36.3 Å². The van der Waals surface area contributed by atoms with Crippen molar-refractivity contribution in [2.45, 2.75) is 25.9 Å². The molecule has 1 heterocycles. The minimum absolute atomic E-state index is 0.0209. The lowest BCUT2D eigenvalue weighted by atomic mass is 9.92. The molecule has 2 rings (SSSR count). The van der Waals surface area contributed by atoms with Gasteiger partial charge in [0.2, 0.25) is 11.2 Å². The first-order valence-corrected chi connectivity index (χ1v) is 7.24. The highest BCUT2D eigenvalue weighted by molar-refractivity contribution is 5.71.